The molecular formula is C29H37ClN6. The maximum absolute atomic E-state index is 6.97. The Morgan fingerprint density at radius 2 is 1.75 bits per heavy atom. The topological polar surface area (TPSA) is 60.9 Å². The second kappa shape index (κ2) is 11.9. The number of nitrogens with zero attached hydrogens (tertiary/aromatic N) is 5. The van der Waals surface area contributed by atoms with E-state index in [1.54, 1.807) is 0 Å². The van der Waals surface area contributed by atoms with E-state index < -0.39 is 0 Å². The van der Waals surface area contributed by atoms with Crippen LogP contribution in [-0.2, 0) is 6.54 Å². The van der Waals surface area contributed by atoms with Gasteiger partial charge in [0.25, 0.3) is 0 Å². The number of halogens is 1. The van der Waals surface area contributed by atoms with Crippen molar-refractivity contribution in [2.75, 3.05) is 13.2 Å². The van der Waals surface area contributed by atoms with Crippen LogP contribution >= 0.6 is 11.6 Å². The van der Waals surface area contributed by atoms with E-state index in [-0.39, 0.29) is 0 Å². The third-order valence-corrected chi connectivity index (χ3v) is 8.15. The Balaban J connectivity index is 1.28. The van der Waals surface area contributed by atoms with Crippen molar-refractivity contribution in [3.63, 3.8) is 0 Å². The van der Waals surface area contributed by atoms with Crippen LogP contribution in [0.1, 0.15) is 70.3 Å². The minimum atomic E-state index is 0.611. The summed E-state index contributed by atoms with van der Waals surface area (Å²) in [5.74, 6) is 1.49. The van der Waals surface area contributed by atoms with Gasteiger partial charge in [-0.3, -0.25) is 0 Å². The molecule has 2 aromatic carbocycles. The molecule has 3 aromatic rings. The molecule has 1 saturated carbocycles. The summed E-state index contributed by atoms with van der Waals surface area (Å²) in [5.41, 5.74) is 5.84. The van der Waals surface area contributed by atoms with Gasteiger partial charge in [-0.25, -0.2) is 0 Å². The van der Waals surface area contributed by atoms with E-state index in [1.807, 2.05) is 18.2 Å². The highest BCUT2D eigenvalue weighted by Crippen LogP contribution is 2.35. The Hall–Kier alpha value is -2.86. The van der Waals surface area contributed by atoms with Gasteiger partial charge in [-0.2, -0.15) is 5.21 Å². The highest BCUT2D eigenvalue weighted by Gasteiger charge is 2.28. The average Bonchev–Trinajstić information content (AvgIpc) is 3.56. The lowest BCUT2D eigenvalue weighted by molar-refractivity contribution is 0.220. The Labute approximate surface area is 219 Å². The van der Waals surface area contributed by atoms with Crippen molar-refractivity contribution in [2.45, 2.75) is 71.3 Å². The molecule has 0 amide bonds. The first kappa shape index (κ1) is 24.8. The molecule has 2 aliphatic rings. The van der Waals surface area contributed by atoms with Gasteiger partial charge in [0, 0.05) is 18.7 Å². The smallest absolute Gasteiger partial charge is 0.205 e. The molecule has 1 fully saturated rings. The molecule has 0 spiro atoms. The molecule has 0 saturated heterocycles. The maximum Gasteiger partial charge on any atom is 0.205 e. The van der Waals surface area contributed by atoms with Crippen molar-refractivity contribution in [1.82, 2.24) is 30.4 Å². The number of benzene rings is 2. The molecule has 0 atom stereocenters. The van der Waals surface area contributed by atoms with Gasteiger partial charge in [0.2, 0.25) is 5.82 Å². The fraction of sp³-hybridized carbons (Fsp3) is 0.483. The predicted molar refractivity (Wildman–Crippen MR) is 146 cm³/mol. The fourth-order valence-corrected chi connectivity index (χ4v) is 5.97. The summed E-state index contributed by atoms with van der Waals surface area (Å²) in [6, 6.07) is 17.1. The first-order valence-electron chi connectivity index (χ1n) is 13.5. The average molecular weight is 505 g/mol. The minimum absolute atomic E-state index is 0.611. The molecule has 1 N–H and O–H groups in total. The van der Waals surface area contributed by atoms with Gasteiger partial charge in [0.1, 0.15) is 5.16 Å². The SMILES string of the molecule is CCCCC1=C(Cl)N(CCC2CCCCC2)CN1Cc1ccc(-c2ccccc2-c2nn[nH]n2)cc1. The monoisotopic (exact) mass is 504 g/mol. The van der Waals surface area contributed by atoms with Crippen molar-refractivity contribution in [3.8, 4) is 22.5 Å². The van der Waals surface area contributed by atoms with E-state index in [4.69, 9.17) is 11.6 Å². The summed E-state index contributed by atoms with van der Waals surface area (Å²) in [4.78, 5) is 4.90. The molecule has 2 heterocycles. The lowest BCUT2D eigenvalue weighted by Gasteiger charge is -2.27. The third kappa shape index (κ3) is 5.75. The quantitative estimate of drug-likeness (QED) is 0.296. The number of allylic oxidation sites excluding steroid dienone is 1. The highest BCUT2D eigenvalue weighted by molar-refractivity contribution is 6.29. The number of hydrogen-bond acceptors (Lipinski definition) is 5. The van der Waals surface area contributed by atoms with Gasteiger partial charge < -0.3 is 9.80 Å². The second-order valence-electron chi connectivity index (χ2n) is 10.2. The van der Waals surface area contributed by atoms with E-state index in [2.05, 4.69) is 67.7 Å². The van der Waals surface area contributed by atoms with Crippen LogP contribution in [0.25, 0.3) is 22.5 Å². The van der Waals surface area contributed by atoms with E-state index >= 15 is 0 Å². The Bertz CT molecular complexity index is 1130. The summed E-state index contributed by atoms with van der Waals surface area (Å²) in [7, 11) is 0. The lowest BCUT2D eigenvalue weighted by atomic mass is 9.87. The number of aromatic nitrogens is 4. The third-order valence-electron chi connectivity index (χ3n) is 7.69. The van der Waals surface area contributed by atoms with Gasteiger partial charge in [0.05, 0.1) is 12.4 Å². The number of tetrazole rings is 1. The first-order valence-corrected chi connectivity index (χ1v) is 13.9. The van der Waals surface area contributed by atoms with Gasteiger partial charge in [-0.15, -0.1) is 10.2 Å². The van der Waals surface area contributed by atoms with Gasteiger partial charge in [-0.1, -0.05) is 106 Å². The number of H-pyrrole nitrogens is 1. The van der Waals surface area contributed by atoms with Crippen LogP contribution in [0.15, 0.2) is 59.4 Å². The Morgan fingerprint density at radius 1 is 0.972 bits per heavy atom. The molecule has 1 aliphatic carbocycles. The van der Waals surface area contributed by atoms with Crippen molar-refractivity contribution in [1.29, 1.82) is 0 Å². The fourth-order valence-electron chi connectivity index (χ4n) is 5.62. The van der Waals surface area contributed by atoms with Crippen LogP contribution in [0.4, 0.5) is 0 Å². The van der Waals surface area contributed by atoms with E-state index in [9.17, 15) is 0 Å². The molecule has 36 heavy (non-hydrogen) atoms. The summed E-state index contributed by atoms with van der Waals surface area (Å²) < 4.78 is 0. The molecule has 6 nitrogen and oxygen atoms in total. The normalized spacial score (nSPS) is 16.8. The molecule has 1 aliphatic heterocycles. The van der Waals surface area contributed by atoms with E-state index in [0.717, 1.165) is 53.9 Å². The largest absolute Gasteiger partial charge is 0.350 e. The number of nitrogens with one attached hydrogen (secondary N) is 1. The van der Waals surface area contributed by atoms with Crippen molar-refractivity contribution >= 4 is 11.6 Å². The second-order valence-corrected chi connectivity index (χ2v) is 10.6. The summed E-state index contributed by atoms with van der Waals surface area (Å²) >= 11 is 6.97. The molecule has 0 unspecified atom stereocenters. The number of aromatic amines is 1. The van der Waals surface area contributed by atoms with Crippen molar-refractivity contribution < 1.29 is 0 Å². The molecular weight excluding hydrogens is 468 g/mol. The first-order chi connectivity index (χ1) is 17.7. The zero-order valence-electron chi connectivity index (χ0n) is 21.3. The molecule has 1 aromatic heterocycles. The van der Waals surface area contributed by atoms with Crippen LogP contribution in [0.3, 0.4) is 0 Å². The van der Waals surface area contributed by atoms with Crippen LogP contribution in [0.2, 0.25) is 0 Å². The van der Waals surface area contributed by atoms with Gasteiger partial charge in [-0.05, 0) is 47.1 Å². The van der Waals surface area contributed by atoms with Crippen LogP contribution in [0.5, 0.6) is 0 Å². The Morgan fingerprint density at radius 3 is 2.47 bits per heavy atom. The van der Waals surface area contributed by atoms with E-state index in [0.29, 0.717) is 5.82 Å². The van der Waals surface area contributed by atoms with Crippen molar-refractivity contribution in [3.05, 3.63) is 64.9 Å². The summed E-state index contributed by atoms with van der Waals surface area (Å²) in [5, 5.41) is 15.6. The summed E-state index contributed by atoms with van der Waals surface area (Å²) in [6.45, 7) is 5.09. The Kier molecular flexibility index (Phi) is 8.22. The number of unbranched alkanes of at least 4 members (excludes halogenated alkanes) is 1. The molecule has 0 bridgehead atoms. The lowest BCUT2D eigenvalue weighted by Crippen LogP contribution is -2.29. The van der Waals surface area contributed by atoms with Gasteiger partial charge in [0.15, 0.2) is 0 Å². The van der Waals surface area contributed by atoms with Crippen LogP contribution in [-0.4, -0.2) is 43.6 Å². The molecule has 7 heteroatoms. The predicted octanol–water partition coefficient (Wildman–Crippen LogP) is 7.18. The number of rotatable bonds is 10. The van der Waals surface area contributed by atoms with Crippen LogP contribution in [0, 0.1) is 5.92 Å². The van der Waals surface area contributed by atoms with Crippen LogP contribution < -0.4 is 0 Å². The standard InChI is InChI=1S/C29H37ClN6/c1-2-3-13-27-28(30)35(19-18-22-9-5-4-6-10-22)21-36(27)20-23-14-16-24(17-15-23)25-11-7-8-12-26(25)29-31-33-34-32-29/h7-8,11-12,14-17,22H,2-6,9-10,13,18-21H2,1H3,(H,31,32,33,34). The zero-order valence-corrected chi connectivity index (χ0v) is 22.1. The molecule has 0 radical (unpaired) electrons. The summed E-state index contributed by atoms with van der Waals surface area (Å²) in [6.07, 6.45) is 11.7. The highest BCUT2D eigenvalue weighted by atomic mass is 35.5. The maximum atomic E-state index is 6.97. The minimum Gasteiger partial charge on any atom is -0.350 e. The zero-order chi connectivity index (χ0) is 24.7. The van der Waals surface area contributed by atoms with E-state index in [1.165, 1.54) is 62.6 Å². The molecule has 5 rings (SSSR count). The van der Waals surface area contributed by atoms with Crippen molar-refractivity contribution in [2.24, 2.45) is 5.92 Å². The molecule has 190 valence electrons. The van der Waals surface area contributed by atoms with Gasteiger partial charge >= 0.3 is 0 Å². The number of hydrogen-bond donors (Lipinski definition) is 1.